The fraction of sp³-hybridized carbons (Fsp3) is 1.00. The number of rotatable bonds is 17. The Morgan fingerprint density at radius 2 is 1.00 bits per heavy atom. The van der Waals surface area contributed by atoms with Crippen LogP contribution in [-0.2, 0) is 18.6 Å². The lowest BCUT2D eigenvalue weighted by Gasteiger charge is -2.05. The van der Waals surface area contributed by atoms with Gasteiger partial charge in [-0.25, -0.2) is 0 Å². The summed E-state index contributed by atoms with van der Waals surface area (Å²) < 4.78 is 21.6. The van der Waals surface area contributed by atoms with Crippen molar-refractivity contribution in [1.29, 1.82) is 0 Å². The van der Waals surface area contributed by atoms with Gasteiger partial charge in [-0.05, 0) is 37.8 Å². The summed E-state index contributed by atoms with van der Waals surface area (Å²) in [5.41, 5.74) is 0. The largest absolute Gasteiger partial charge is 0.381 e. The van der Waals surface area contributed by atoms with Gasteiger partial charge < -0.3 is 18.6 Å². The molecule has 0 aliphatic carbocycles. The van der Waals surface area contributed by atoms with Gasteiger partial charge in [0, 0.05) is 26.4 Å². The summed E-state index contributed by atoms with van der Waals surface area (Å²) >= 11 is 0. The molecule has 0 radical (unpaired) electrons. The number of ether oxygens (including phenoxy) is 2. The van der Waals surface area contributed by atoms with Crippen LogP contribution in [0.25, 0.3) is 0 Å². The highest BCUT2D eigenvalue weighted by atomic mass is 28.2. The van der Waals surface area contributed by atoms with Gasteiger partial charge in [0.15, 0.2) is 0 Å². The molecule has 0 bridgehead atoms. The molecule has 0 amide bonds. The van der Waals surface area contributed by atoms with Crippen molar-refractivity contribution in [2.24, 2.45) is 0 Å². The van der Waals surface area contributed by atoms with Crippen LogP contribution in [0.4, 0.5) is 0 Å². The van der Waals surface area contributed by atoms with E-state index in [-0.39, 0.29) is 0 Å². The molecule has 0 atom stereocenters. The monoisotopic (exact) mass is 322 g/mol. The highest BCUT2D eigenvalue weighted by molar-refractivity contribution is 6.30. The van der Waals surface area contributed by atoms with E-state index in [1.54, 1.807) is 0 Å². The van der Waals surface area contributed by atoms with Gasteiger partial charge in [0.1, 0.15) is 0 Å². The Hall–Kier alpha value is 0.274. The van der Waals surface area contributed by atoms with E-state index in [2.05, 4.69) is 13.8 Å². The molecule has 0 saturated heterocycles. The maximum Gasteiger partial charge on any atom is 0.207 e. The van der Waals surface area contributed by atoms with Crippen LogP contribution in [0.1, 0.15) is 52.4 Å². The average molecular weight is 323 g/mol. The zero-order chi connectivity index (χ0) is 14.7. The van der Waals surface area contributed by atoms with Crippen LogP contribution in [0.5, 0.6) is 0 Å². The van der Waals surface area contributed by atoms with Crippen molar-refractivity contribution in [2.45, 2.75) is 64.5 Å². The minimum atomic E-state index is -0.478. The lowest BCUT2D eigenvalue weighted by molar-refractivity contribution is -0.0993. The van der Waals surface area contributed by atoms with Crippen molar-refractivity contribution in [3.8, 4) is 0 Å². The van der Waals surface area contributed by atoms with Crippen LogP contribution >= 0.6 is 0 Å². The topological polar surface area (TPSA) is 36.9 Å². The van der Waals surface area contributed by atoms with E-state index in [4.69, 9.17) is 18.6 Å². The van der Waals surface area contributed by atoms with Crippen LogP contribution in [0.3, 0.4) is 0 Å². The second kappa shape index (κ2) is 19.3. The van der Waals surface area contributed by atoms with E-state index in [0.717, 1.165) is 51.4 Å². The van der Waals surface area contributed by atoms with E-state index in [1.807, 2.05) is 0 Å². The van der Waals surface area contributed by atoms with Gasteiger partial charge in [-0.2, -0.15) is 0 Å². The Balaban J connectivity index is 2.89. The van der Waals surface area contributed by atoms with Crippen LogP contribution in [0.2, 0.25) is 12.1 Å². The molecule has 0 aromatic rings. The Bertz CT molecular complexity index is 155. The molecule has 6 heteroatoms. The molecule has 0 spiro atoms. The molecule has 0 aromatic carbocycles. The van der Waals surface area contributed by atoms with Gasteiger partial charge in [0.05, 0.1) is 0 Å². The molecular weight excluding hydrogens is 288 g/mol. The fourth-order valence-electron chi connectivity index (χ4n) is 1.54. The summed E-state index contributed by atoms with van der Waals surface area (Å²) in [6, 6.07) is 2.31. The van der Waals surface area contributed by atoms with Gasteiger partial charge in [0.2, 0.25) is 19.5 Å². The highest BCUT2D eigenvalue weighted by Crippen LogP contribution is 1.96. The first-order chi connectivity index (χ1) is 9.91. The van der Waals surface area contributed by atoms with Crippen molar-refractivity contribution in [1.82, 2.24) is 0 Å². The predicted octanol–water partition coefficient (Wildman–Crippen LogP) is 2.35. The molecule has 122 valence electrons. The lowest BCUT2D eigenvalue weighted by atomic mass is 10.4. The Labute approximate surface area is 129 Å². The van der Waals surface area contributed by atoms with Gasteiger partial charge in [0.25, 0.3) is 0 Å². The molecule has 0 unspecified atom stereocenters. The molecule has 0 fully saturated rings. The molecule has 0 saturated carbocycles. The van der Waals surface area contributed by atoms with Crippen molar-refractivity contribution in [2.75, 3.05) is 26.4 Å². The first-order valence-corrected chi connectivity index (χ1v) is 11.5. The minimum Gasteiger partial charge on any atom is -0.381 e. The molecule has 0 aliphatic rings. The Morgan fingerprint density at radius 3 is 1.40 bits per heavy atom. The van der Waals surface area contributed by atoms with Crippen LogP contribution in [0, 0.1) is 0 Å². The second-order valence-corrected chi connectivity index (χ2v) is 7.69. The summed E-state index contributed by atoms with van der Waals surface area (Å²) in [6.45, 7) is 7.93. The Morgan fingerprint density at radius 1 is 0.600 bits per heavy atom. The zero-order valence-electron chi connectivity index (χ0n) is 13.5. The van der Waals surface area contributed by atoms with Crippen molar-refractivity contribution < 1.29 is 18.6 Å². The summed E-state index contributed by atoms with van der Waals surface area (Å²) in [5, 5.41) is 0. The molecule has 0 aromatic heterocycles. The average Bonchev–Trinajstić information content (AvgIpc) is 2.47. The van der Waals surface area contributed by atoms with Gasteiger partial charge in [-0.3, -0.25) is 0 Å². The van der Waals surface area contributed by atoms with Crippen molar-refractivity contribution in [3.63, 3.8) is 0 Å². The summed E-state index contributed by atoms with van der Waals surface area (Å²) in [7, 11) is -0.955. The molecule has 0 rings (SSSR count). The van der Waals surface area contributed by atoms with Gasteiger partial charge in [-0.15, -0.1) is 0 Å². The maximum atomic E-state index is 5.49. The molecule has 0 N–H and O–H groups in total. The van der Waals surface area contributed by atoms with Crippen LogP contribution in [0.15, 0.2) is 0 Å². The number of hydrogen-bond donors (Lipinski definition) is 0. The number of unbranched alkanes of at least 4 members (excludes halogenated alkanes) is 2. The van der Waals surface area contributed by atoms with Crippen LogP contribution < -0.4 is 0 Å². The van der Waals surface area contributed by atoms with Crippen molar-refractivity contribution in [3.05, 3.63) is 0 Å². The van der Waals surface area contributed by atoms with Crippen molar-refractivity contribution >= 4 is 19.5 Å². The quantitative estimate of drug-likeness (QED) is 0.178. The van der Waals surface area contributed by atoms with Gasteiger partial charge in [-0.1, -0.05) is 26.7 Å². The van der Waals surface area contributed by atoms with E-state index < -0.39 is 19.5 Å². The summed E-state index contributed by atoms with van der Waals surface area (Å²) in [4.78, 5) is 0. The zero-order valence-corrected chi connectivity index (χ0v) is 16.4. The standard InChI is InChI=1S/C14H34O4Si2/c1-3-5-9-15-11-7-13-19-17-18-20-14-8-12-16-10-6-4-2/h3-14,19-20H2,1-2H3. The number of hydrogen-bond acceptors (Lipinski definition) is 4. The molecule has 0 heterocycles. The Kier molecular flexibility index (Phi) is 19.5. The third kappa shape index (κ3) is 18.3. The highest BCUT2D eigenvalue weighted by Gasteiger charge is 1.95. The van der Waals surface area contributed by atoms with E-state index in [9.17, 15) is 0 Å². The minimum absolute atomic E-state index is 0.478. The maximum absolute atomic E-state index is 5.49. The summed E-state index contributed by atoms with van der Waals surface area (Å²) in [5.74, 6) is 0. The smallest absolute Gasteiger partial charge is 0.207 e. The molecule has 20 heavy (non-hydrogen) atoms. The van der Waals surface area contributed by atoms with E-state index in [0.29, 0.717) is 0 Å². The SMILES string of the molecule is CCCCOCCC[SiH2]OO[SiH2]CCCOCCCC. The third-order valence-corrected chi connectivity index (χ3v) is 5.48. The first kappa shape index (κ1) is 20.3. The van der Waals surface area contributed by atoms with E-state index >= 15 is 0 Å². The fourth-order valence-corrected chi connectivity index (χ4v) is 3.54. The molecule has 4 nitrogen and oxygen atoms in total. The molecular formula is C14H34O4Si2. The third-order valence-electron chi connectivity index (χ3n) is 2.90. The normalized spacial score (nSPS) is 12.3. The van der Waals surface area contributed by atoms with Crippen LogP contribution in [-0.4, -0.2) is 46.0 Å². The second-order valence-electron chi connectivity index (χ2n) is 4.99. The van der Waals surface area contributed by atoms with Gasteiger partial charge >= 0.3 is 0 Å². The predicted molar refractivity (Wildman–Crippen MR) is 89.6 cm³/mol. The lowest BCUT2D eigenvalue weighted by Crippen LogP contribution is -2.06. The van der Waals surface area contributed by atoms with E-state index in [1.165, 1.54) is 25.7 Å². The summed E-state index contributed by atoms with van der Waals surface area (Å²) in [6.07, 6.45) is 6.99. The first-order valence-electron chi connectivity index (χ1n) is 8.31. The molecule has 0 aliphatic heterocycles.